The number of amides is 1. The average Bonchev–Trinajstić information content (AvgIpc) is 3.05. The summed E-state index contributed by atoms with van der Waals surface area (Å²) in [6.07, 6.45) is 1.00. The molecule has 1 aliphatic rings. The van der Waals surface area contributed by atoms with Crippen LogP contribution < -0.4 is 4.74 Å². The number of aliphatic carboxylic acids is 1. The number of hydrogen-bond acceptors (Lipinski definition) is 5. The number of carboxylic acids is 1. The van der Waals surface area contributed by atoms with E-state index in [1.807, 2.05) is 18.4 Å². The number of likely N-dealkylation sites (tertiary alicyclic amines) is 1. The number of piperidine rings is 1. The van der Waals surface area contributed by atoms with Gasteiger partial charge in [0.05, 0.1) is 16.6 Å². The molecule has 132 valence electrons. The van der Waals surface area contributed by atoms with Crippen LogP contribution in [0.2, 0.25) is 0 Å². The first-order valence-electron chi connectivity index (χ1n) is 8.19. The second kappa shape index (κ2) is 7.65. The summed E-state index contributed by atoms with van der Waals surface area (Å²) in [5, 5.41) is 12.0. The molecule has 1 aromatic heterocycles. The Labute approximate surface area is 150 Å². The molecule has 0 atom stereocenters. The lowest BCUT2D eigenvalue weighted by molar-refractivity contribution is -0.143. The average molecular weight is 360 g/mol. The summed E-state index contributed by atoms with van der Waals surface area (Å²) in [6.45, 7) is 3.25. The fourth-order valence-electron chi connectivity index (χ4n) is 2.86. The SMILES string of the molecule is Cc1nc(COc2cccc(C(=O)N3CCC(C(=O)O)CC3)c2)cs1. The first kappa shape index (κ1) is 17.4. The van der Waals surface area contributed by atoms with Crippen LogP contribution in [-0.4, -0.2) is 40.0 Å². The number of nitrogens with zero attached hydrogens (tertiary/aromatic N) is 2. The Bertz CT molecular complexity index is 766. The Morgan fingerprint density at radius 1 is 1.36 bits per heavy atom. The van der Waals surface area contributed by atoms with Crippen molar-refractivity contribution in [1.82, 2.24) is 9.88 Å². The molecule has 2 aromatic rings. The summed E-state index contributed by atoms with van der Waals surface area (Å²) in [7, 11) is 0. The van der Waals surface area contributed by atoms with Crippen LogP contribution >= 0.6 is 11.3 Å². The predicted molar refractivity (Wildman–Crippen MR) is 93.9 cm³/mol. The summed E-state index contributed by atoms with van der Waals surface area (Å²) >= 11 is 1.57. The number of thiazole rings is 1. The topological polar surface area (TPSA) is 79.7 Å². The number of aryl methyl sites for hydroxylation is 1. The Balaban J connectivity index is 1.60. The minimum absolute atomic E-state index is 0.0845. The highest BCUT2D eigenvalue weighted by Crippen LogP contribution is 2.21. The molecule has 1 N–H and O–H groups in total. The van der Waals surface area contributed by atoms with E-state index in [0.29, 0.717) is 43.9 Å². The lowest BCUT2D eigenvalue weighted by Gasteiger charge is -2.30. The van der Waals surface area contributed by atoms with E-state index in [9.17, 15) is 9.59 Å². The van der Waals surface area contributed by atoms with Crippen molar-refractivity contribution in [3.05, 3.63) is 45.9 Å². The van der Waals surface area contributed by atoms with Gasteiger partial charge in [0.1, 0.15) is 12.4 Å². The van der Waals surface area contributed by atoms with Crippen molar-refractivity contribution < 1.29 is 19.4 Å². The van der Waals surface area contributed by atoms with Crippen LogP contribution in [0, 0.1) is 12.8 Å². The van der Waals surface area contributed by atoms with Crippen molar-refractivity contribution in [3.63, 3.8) is 0 Å². The van der Waals surface area contributed by atoms with Crippen LogP contribution in [0.1, 0.15) is 33.9 Å². The third-order valence-corrected chi connectivity index (χ3v) is 5.09. The minimum Gasteiger partial charge on any atom is -0.487 e. The molecular formula is C18H20N2O4S. The molecule has 2 heterocycles. The van der Waals surface area contributed by atoms with Crippen molar-refractivity contribution in [2.75, 3.05) is 13.1 Å². The Hall–Kier alpha value is -2.41. The number of rotatable bonds is 5. The normalized spacial score (nSPS) is 15.2. The van der Waals surface area contributed by atoms with E-state index < -0.39 is 5.97 Å². The summed E-state index contributed by atoms with van der Waals surface area (Å²) in [4.78, 5) is 29.7. The van der Waals surface area contributed by atoms with Gasteiger partial charge in [0.25, 0.3) is 5.91 Å². The third-order valence-electron chi connectivity index (χ3n) is 4.27. The molecule has 3 rings (SSSR count). The van der Waals surface area contributed by atoms with Crippen molar-refractivity contribution in [2.24, 2.45) is 5.92 Å². The van der Waals surface area contributed by atoms with Gasteiger partial charge in [-0.2, -0.15) is 0 Å². The molecule has 6 nitrogen and oxygen atoms in total. The van der Waals surface area contributed by atoms with Gasteiger partial charge < -0.3 is 14.7 Å². The van der Waals surface area contributed by atoms with E-state index in [4.69, 9.17) is 9.84 Å². The predicted octanol–water partition coefficient (Wildman–Crippen LogP) is 2.97. The Morgan fingerprint density at radius 3 is 2.76 bits per heavy atom. The number of carbonyl (C=O) groups is 2. The van der Waals surface area contributed by atoms with E-state index in [1.165, 1.54) is 0 Å². The standard InChI is InChI=1S/C18H20N2O4S/c1-12-19-15(11-25-12)10-24-16-4-2-3-14(9-16)17(21)20-7-5-13(6-8-20)18(22)23/h2-4,9,11,13H,5-8,10H2,1H3,(H,22,23). The maximum absolute atomic E-state index is 12.6. The van der Waals surface area contributed by atoms with Gasteiger partial charge in [0.15, 0.2) is 0 Å². The van der Waals surface area contributed by atoms with E-state index >= 15 is 0 Å². The maximum Gasteiger partial charge on any atom is 0.306 e. The number of carbonyl (C=O) groups excluding carboxylic acids is 1. The molecule has 1 saturated heterocycles. The van der Waals surface area contributed by atoms with Crippen molar-refractivity contribution >= 4 is 23.2 Å². The quantitative estimate of drug-likeness (QED) is 0.887. The van der Waals surface area contributed by atoms with E-state index in [1.54, 1.807) is 34.4 Å². The van der Waals surface area contributed by atoms with E-state index in [0.717, 1.165) is 10.7 Å². The van der Waals surface area contributed by atoms with Gasteiger partial charge in [0, 0.05) is 24.0 Å². The van der Waals surface area contributed by atoms with E-state index in [2.05, 4.69) is 4.98 Å². The zero-order valence-corrected chi connectivity index (χ0v) is 14.8. The highest BCUT2D eigenvalue weighted by atomic mass is 32.1. The summed E-state index contributed by atoms with van der Waals surface area (Å²) in [5.41, 5.74) is 1.43. The number of hydrogen-bond donors (Lipinski definition) is 1. The van der Waals surface area contributed by atoms with Crippen molar-refractivity contribution in [3.8, 4) is 5.75 Å². The molecule has 7 heteroatoms. The monoisotopic (exact) mass is 360 g/mol. The highest BCUT2D eigenvalue weighted by Gasteiger charge is 2.27. The zero-order chi connectivity index (χ0) is 17.8. The number of carboxylic acid groups (broad SMARTS) is 1. The van der Waals surface area contributed by atoms with Crippen LogP contribution in [0.3, 0.4) is 0 Å². The van der Waals surface area contributed by atoms with Crippen LogP contribution in [-0.2, 0) is 11.4 Å². The molecule has 0 saturated carbocycles. The van der Waals surface area contributed by atoms with Crippen molar-refractivity contribution in [1.29, 1.82) is 0 Å². The van der Waals surface area contributed by atoms with Crippen LogP contribution in [0.5, 0.6) is 5.75 Å². The fourth-order valence-corrected chi connectivity index (χ4v) is 3.46. The lowest BCUT2D eigenvalue weighted by atomic mass is 9.96. The zero-order valence-electron chi connectivity index (χ0n) is 14.0. The molecule has 0 aliphatic carbocycles. The second-order valence-corrected chi connectivity index (χ2v) is 7.14. The molecule has 1 amide bonds. The summed E-state index contributed by atoms with van der Waals surface area (Å²) < 4.78 is 5.73. The molecule has 0 bridgehead atoms. The van der Waals surface area contributed by atoms with Gasteiger partial charge in [0.2, 0.25) is 0 Å². The molecule has 1 fully saturated rings. The largest absolute Gasteiger partial charge is 0.487 e. The molecule has 1 aliphatic heterocycles. The molecular weight excluding hydrogens is 340 g/mol. The Morgan fingerprint density at radius 2 is 2.12 bits per heavy atom. The Kier molecular flexibility index (Phi) is 5.33. The molecule has 0 radical (unpaired) electrons. The number of benzene rings is 1. The summed E-state index contributed by atoms with van der Waals surface area (Å²) in [5.74, 6) is -0.587. The van der Waals surface area contributed by atoms with E-state index in [-0.39, 0.29) is 11.8 Å². The molecule has 0 spiro atoms. The molecule has 25 heavy (non-hydrogen) atoms. The smallest absolute Gasteiger partial charge is 0.306 e. The van der Waals surface area contributed by atoms with Gasteiger partial charge >= 0.3 is 5.97 Å². The first-order chi connectivity index (χ1) is 12.0. The number of aromatic nitrogens is 1. The fraction of sp³-hybridized carbons (Fsp3) is 0.389. The third kappa shape index (κ3) is 4.36. The highest BCUT2D eigenvalue weighted by molar-refractivity contribution is 7.09. The minimum atomic E-state index is -0.778. The van der Waals surface area contributed by atoms with Gasteiger partial charge in [-0.05, 0) is 38.0 Å². The van der Waals surface area contributed by atoms with Gasteiger partial charge in [-0.15, -0.1) is 11.3 Å². The van der Waals surface area contributed by atoms with Gasteiger partial charge in [-0.25, -0.2) is 4.98 Å². The van der Waals surface area contributed by atoms with Gasteiger partial charge in [-0.3, -0.25) is 9.59 Å². The number of ether oxygens (including phenoxy) is 1. The van der Waals surface area contributed by atoms with Crippen molar-refractivity contribution in [2.45, 2.75) is 26.4 Å². The molecule has 1 aromatic carbocycles. The molecule has 0 unspecified atom stereocenters. The van der Waals surface area contributed by atoms with Crippen LogP contribution in [0.4, 0.5) is 0 Å². The second-order valence-electron chi connectivity index (χ2n) is 6.08. The first-order valence-corrected chi connectivity index (χ1v) is 9.07. The van der Waals surface area contributed by atoms with Crippen LogP contribution in [0.25, 0.3) is 0 Å². The lowest BCUT2D eigenvalue weighted by Crippen LogP contribution is -2.40. The van der Waals surface area contributed by atoms with Crippen LogP contribution in [0.15, 0.2) is 29.6 Å². The maximum atomic E-state index is 12.6. The van der Waals surface area contributed by atoms with Gasteiger partial charge in [-0.1, -0.05) is 6.07 Å². The summed E-state index contributed by atoms with van der Waals surface area (Å²) in [6, 6.07) is 7.09.